The standard InChI is InChI=1S/C25H22ClN3O3S2/c1-2-5-17-14-21(30)28-25(27-17)33-24-20-9-4-7-15-6-3-8-19(22(15)20)23(24)29-34(31,32)18-12-10-16(26)11-13-18/h3-4,6-14,23-24,29H,2,5H2,1H3,(H,27,28,30). The molecule has 1 heterocycles. The summed E-state index contributed by atoms with van der Waals surface area (Å²) in [7, 11) is -3.84. The van der Waals surface area contributed by atoms with E-state index in [0.717, 1.165) is 34.0 Å². The first-order valence-electron chi connectivity index (χ1n) is 10.9. The Kier molecular flexibility index (Phi) is 6.24. The van der Waals surface area contributed by atoms with Crippen LogP contribution in [-0.4, -0.2) is 18.4 Å². The average molecular weight is 512 g/mol. The first-order chi connectivity index (χ1) is 16.4. The van der Waals surface area contributed by atoms with E-state index in [-0.39, 0.29) is 15.7 Å². The lowest BCUT2D eigenvalue weighted by atomic mass is 10.1. The van der Waals surface area contributed by atoms with Gasteiger partial charge < -0.3 is 4.98 Å². The molecule has 0 saturated heterocycles. The zero-order valence-electron chi connectivity index (χ0n) is 18.3. The number of hydrogen-bond donors (Lipinski definition) is 2. The van der Waals surface area contributed by atoms with Gasteiger partial charge in [0, 0.05) is 16.8 Å². The number of benzene rings is 3. The summed E-state index contributed by atoms with van der Waals surface area (Å²) in [5, 5.41) is 2.69. The minimum Gasteiger partial charge on any atom is -0.301 e. The van der Waals surface area contributed by atoms with Gasteiger partial charge in [-0.15, -0.1) is 0 Å². The predicted molar refractivity (Wildman–Crippen MR) is 136 cm³/mol. The monoisotopic (exact) mass is 511 g/mol. The highest BCUT2D eigenvalue weighted by Gasteiger charge is 2.38. The molecule has 1 aliphatic carbocycles. The Labute approximate surface area is 206 Å². The SMILES string of the molecule is CCCc1cc(=O)[nH]c(SC2c3cccc4cccc(c34)C2NS(=O)(=O)c2ccc(Cl)cc2)n1. The second-order valence-corrected chi connectivity index (χ2v) is 11.5. The van der Waals surface area contributed by atoms with Crippen molar-refractivity contribution in [2.75, 3.05) is 0 Å². The number of rotatable bonds is 7. The van der Waals surface area contributed by atoms with E-state index in [4.69, 9.17) is 11.6 Å². The van der Waals surface area contributed by atoms with E-state index in [1.165, 1.54) is 30.0 Å². The Morgan fingerprint density at radius 2 is 1.76 bits per heavy atom. The molecular formula is C25H22ClN3O3S2. The number of nitrogens with one attached hydrogen (secondary N) is 2. The number of sulfonamides is 1. The maximum Gasteiger partial charge on any atom is 0.251 e. The summed E-state index contributed by atoms with van der Waals surface area (Å²) in [5.74, 6) is 0. The number of H-pyrrole nitrogens is 1. The Bertz CT molecular complexity index is 1530. The fourth-order valence-corrected chi connectivity index (χ4v) is 7.07. The molecule has 4 aromatic rings. The van der Waals surface area contributed by atoms with E-state index < -0.39 is 16.1 Å². The molecule has 0 amide bonds. The molecular weight excluding hydrogens is 490 g/mol. The van der Waals surface area contributed by atoms with Gasteiger partial charge in [0.2, 0.25) is 10.0 Å². The molecule has 0 spiro atoms. The van der Waals surface area contributed by atoms with Crippen LogP contribution in [0.4, 0.5) is 0 Å². The van der Waals surface area contributed by atoms with Crippen LogP contribution in [0.1, 0.15) is 41.5 Å². The van der Waals surface area contributed by atoms with Gasteiger partial charge in [0.15, 0.2) is 5.16 Å². The van der Waals surface area contributed by atoms with Crippen molar-refractivity contribution in [3.8, 4) is 0 Å². The van der Waals surface area contributed by atoms with Crippen LogP contribution in [0, 0.1) is 0 Å². The number of hydrogen-bond acceptors (Lipinski definition) is 5. The molecule has 2 atom stereocenters. The maximum atomic E-state index is 13.3. The van der Waals surface area contributed by atoms with E-state index in [9.17, 15) is 13.2 Å². The second-order valence-electron chi connectivity index (χ2n) is 8.18. The van der Waals surface area contributed by atoms with Crippen LogP contribution >= 0.6 is 23.4 Å². The summed E-state index contributed by atoms with van der Waals surface area (Å²) in [6.07, 6.45) is 1.57. The smallest absolute Gasteiger partial charge is 0.251 e. The zero-order valence-corrected chi connectivity index (χ0v) is 20.7. The van der Waals surface area contributed by atoms with E-state index in [1.807, 2.05) is 43.3 Å². The summed E-state index contributed by atoms with van der Waals surface area (Å²) in [5.41, 5.74) is 2.41. The van der Waals surface area contributed by atoms with E-state index in [0.29, 0.717) is 16.6 Å². The Balaban J connectivity index is 1.58. The molecule has 9 heteroatoms. The number of thioether (sulfide) groups is 1. The Morgan fingerprint density at radius 1 is 1.06 bits per heavy atom. The van der Waals surface area contributed by atoms with Crippen molar-refractivity contribution in [2.45, 2.75) is 41.1 Å². The molecule has 2 N–H and O–H groups in total. The molecule has 5 rings (SSSR count). The van der Waals surface area contributed by atoms with Crippen molar-refractivity contribution >= 4 is 44.2 Å². The van der Waals surface area contributed by atoms with Gasteiger partial charge in [0.25, 0.3) is 5.56 Å². The highest BCUT2D eigenvalue weighted by atomic mass is 35.5. The van der Waals surface area contributed by atoms with Crippen molar-refractivity contribution in [1.29, 1.82) is 0 Å². The molecule has 2 unspecified atom stereocenters. The van der Waals surface area contributed by atoms with Crippen LogP contribution in [0.25, 0.3) is 10.8 Å². The Hall–Kier alpha value is -2.65. The first-order valence-corrected chi connectivity index (χ1v) is 13.7. The van der Waals surface area contributed by atoms with Crippen molar-refractivity contribution in [3.05, 3.63) is 98.9 Å². The van der Waals surface area contributed by atoms with E-state index in [1.54, 1.807) is 12.1 Å². The molecule has 0 bridgehead atoms. The van der Waals surface area contributed by atoms with Gasteiger partial charge in [-0.05, 0) is 52.6 Å². The zero-order chi connectivity index (χ0) is 23.9. The number of nitrogens with zero attached hydrogens (tertiary/aromatic N) is 1. The molecule has 0 aliphatic heterocycles. The summed E-state index contributed by atoms with van der Waals surface area (Å²) in [4.78, 5) is 19.8. The molecule has 1 aliphatic rings. The fraction of sp³-hybridized carbons (Fsp3) is 0.200. The van der Waals surface area contributed by atoms with Gasteiger partial charge >= 0.3 is 0 Å². The first kappa shape index (κ1) is 23.1. The van der Waals surface area contributed by atoms with Crippen LogP contribution in [0.5, 0.6) is 0 Å². The third-order valence-electron chi connectivity index (χ3n) is 5.84. The molecule has 34 heavy (non-hydrogen) atoms. The minimum atomic E-state index is -3.84. The summed E-state index contributed by atoms with van der Waals surface area (Å²) in [6, 6.07) is 18.9. The molecule has 1 aromatic heterocycles. The van der Waals surface area contributed by atoms with Crippen molar-refractivity contribution in [1.82, 2.24) is 14.7 Å². The van der Waals surface area contributed by atoms with Crippen LogP contribution in [-0.2, 0) is 16.4 Å². The average Bonchev–Trinajstić information content (AvgIpc) is 3.08. The fourth-order valence-electron chi connectivity index (χ4n) is 4.39. The van der Waals surface area contributed by atoms with Gasteiger partial charge in [-0.3, -0.25) is 4.79 Å². The topological polar surface area (TPSA) is 91.9 Å². The van der Waals surface area contributed by atoms with Crippen LogP contribution in [0.15, 0.2) is 81.6 Å². The number of aromatic nitrogens is 2. The number of aryl methyl sites for hydroxylation is 1. The van der Waals surface area contributed by atoms with Crippen molar-refractivity contribution < 1.29 is 8.42 Å². The van der Waals surface area contributed by atoms with Gasteiger partial charge in [0.1, 0.15) is 0 Å². The van der Waals surface area contributed by atoms with Crippen molar-refractivity contribution in [2.24, 2.45) is 0 Å². The predicted octanol–water partition coefficient (Wildman–Crippen LogP) is 5.40. The Morgan fingerprint density at radius 3 is 2.47 bits per heavy atom. The van der Waals surface area contributed by atoms with Crippen molar-refractivity contribution in [3.63, 3.8) is 0 Å². The third kappa shape index (κ3) is 4.38. The largest absolute Gasteiger partial charge is 0.301 e. The summed E-state index contributed by atoms with van der Waals surface area (Å²) < 4.78 is 29.6. The minimum absolute atomic E-state index is 0.139. The third-order valence-corrected chi connectivity index (χ3v) is 8.74. The molecule has 3 aromatic carbocycles. The highest BCUT2D eigenvalue weighted by Crippen LogP contribution is 2.52. The lowest BCUT2D eigenvalue weighted by molar-refractivity contribution is 0.557. The van der Waals surface area contributed by atoms with Crippen LogP contribution in [0.3, 0.4) is 0 Å². The van der Waals surface area contributed by atoms with Crippen LogP contribution in [0.2, 0.25) is 5.02 Å². The quantitative estimate of drug-likeness (QED) is 0.324. The van der Waals surface area contributed by atoms with Gasteiger partial charge in [-0.1, -0.05) is 73.1 Å². The normalized spacial score (nSPS) is 17.4. The molecule has 174 valence electrons. The molecule has 0 fully saturated rings. The van der Waals surface area contributed by atoms with E-state index >= 15 is 0 Å². The molecule has 0 radical (unpaired) electrons. The van der Waals surface area contributed by atoms with Gasteiger partial charge in [0.05, 0.1) is 16.2 Å². The van der Waals surface area contributed by atoms with Crippen LogP contribution < -0.4 is 10.3 Å². The van der Waals surface area contributed by atoms with Gasteiger partial charge in [-0.2, -0.15) is 0 Å². The summed E-state index contributed by atoms with van der Waals surface area (Å²) in [6.45, 7) is 2.03. The number of halogens is 1. The maximum absolute atomic E-state index is 13.3. The molecule has 0 saturated carbocycles. The van der Waals surface area contributed by atoms with Gasteiger partial charge in [-0.25, -0.2) is 18.1 Å². The van der Waals surface area contributed by atoms with E-state index in [2.05, 4.69) is 14.7 Å². The lowest BCUT2D eigenvalue weighted by Crippen LogP contribution is -2.30. The lowest BCUT2D eigenvalue weighted by Gasteiger charge is -2.22. The summed E-state index contributed by atoms with van der Waals surface area (Å²) >= 11 is 7.32. The second kappa shape index (κ2) is 9.19. The molecule has 6 nitrogen and oxygen atoms in total. The highest BCUT2D eigenvalue weighted by molar-refractivity contribution is 7.99. The number of aromatic amines is 1.